The number of halogens is 2. The summed E-state index contributed by atoms with van der Waals surface area (Å²) in [4.78, 5) is 0. The highest BCUT2D eigenvalue weighted by Gasteiger charge is 2.14. The Balaban J connectivity index is 1.71. The molecular weight excluding hydrogens is 294 g/mol. The minimum Gasteiger partial charge on any atom is -0.234 e. The van der Waals surface area contributed by atoms with Crippen LogP contribution in [-0.4, -0.2) is 11.0 Å². The summed E-state index contributed by atoms with van der Waals surface area (Å²) in [7, 11) is 1.95. The van der Waals surface area contributed by atoms with Crippen LogP contribution in [0, 0.1) is 0 Å². The van der Waals surface area contributed by atoms with Gasteiger partial charge in [0.15, 0.2) is 11.0 Å². The highest BCUT2D eigenvalue weighted by Crippen LogP contribution is 2.35. The molecule has 2 rings (SSSR count). The Labute approximate surface area is 126 Å². The van der Waals surface area contributed by atoms with Gasteiger partial charge < -0.3 is 0 Å². The molecule has 0 amide bonds. The topological polar surface area (TPSA) is 0 Å². The van der Waals surface area contributed by atoms with E-state index in [1.54, 1.807) is 0 Å². The molecule has 106 valence electrons. The molecular formula is C16H16F2S2. The van der Waals surface area contributed by atoms with Crippen LogP contribution >= 0.6 is 21.6 Å². The summed E-state index contributed by atoms with van der Waals surface area (Å²) in [6.45, 7) is 0. The van der Waals surface area contributed by atoms with Crippen LogP contribution in [0.3, 0.4) is 0 Å². The summed E-state index contributed by atoms with van der Waals surface area (Å²) in [5.74, 6) is 0. The fourth-order valence-electron chi connectivity index (χ4n) is 1.79. The van der Waals surface area contributed by atoms with Crippen LogP contribution in [0.5, 0.6) is 0 Å². The Morgan fingerprint density at radius 3 is 1.35 bits per heavy atom. The van der Waals surface area contributed by atoms with E-state index in [1.807, 2.05) is 60.7 Å². The van der Waals surface area contributed by atoms with Gasteiger partial charge in [0.2, 0.25) is 0 Å². The minimum absolute atomic E-state index is 0.316. The molecule has 0 fully saturated rings. The van der Waals surface area contributed by atoms with Gasteiger partial charge in [0.25, 0.3) is 0 Å². The van der Waals surface area contributed by atoms with Crippen LogP contribution in [0.4, 0.5) is 8.78 Å². The third-order valence-corrected chi connectivity index (χ3v) is 5.19. The normalized spacial score (nSPS) is 13.9. The average Bonchev–Trinajstić information content (AvgIpc) is 2.47. The predicted molar refractivity (Wildman–Crippen MR) is 85.3 cm³/mol. The molecule has 0 nitrogen and oxygen atoms in total. The quantitative estimate of drug-likeness (QED) is 0.624. The average molecular weight is 310 g/mol. The van der Waals surface area contributed by atoms with Crippen LogP contribution < -0.4 is 0 Å². The van der Waals surface area contributed by atoms with Gasteiger partial charge in [-0.2, -0.15) is 0 Å². The Hall–Kier alpha value is -1.00. The van der Waals surface area contributed by atoms with E-state index < -0.39 is 11.0 Å². The van der Waals surface area contributed by atoms with Crippen molar-refractivity contribution in [2.24, 2.45) is 0 Å². The summed E-state index contributed by atoms with van der Waals surface area (Å²) in [6, 6.07) is 18.9. The minimum atomic E-state index is -1.09. The molecule has 0 heterocycles. The summed E-state index contributed by atoms with van der Waals surface area (Å²) in [5.41, 5.74) is -0.300. The van der Waals surface area contributed by atoms with Gasteiger partial charge in [-0.15, -0.1) is 0 Å². The van der Waals surface area contributed by atoms with E-state index in [2.05, 4.69) is 0 Å². The molecule has 2 unspecified atom stereocenters. The first-order valence-electron chi connectivity index (χ1n) is 6.42. The fourth-order valence-corrected chi connectivity index (χ4v) is 3.68. The van der Waals surface area contributed by atoms with Gasteiger partial charge in [0.05, 0.1) is 0 Å². The van der Waals surface area contributed by atoms with E-state index in [0.29, 0.717) is 12.8 Å². The van der Waals surface area contributed by atoms with E-state index in [4.69, 9.17) is 0 Å². The molecule has 0 saturated heterocycles. The number of hydrogen-bond donors (Lipinski definition) is 0. The van der Waals surface area contributed by atoms with E-state index in [-0.39, 0.29) is 0 Å². The molecule has 2 aromatic rings. The van der Waals surface area contributed by atoms with E-state index in [1.165, 1.54) is 0 Å². The molecule has 0 spiro atoms. The first kappa shape index (κ1) is 15.4. The number of rotatable bonds is 7. The predicted octanol–water partition coefficient (Wildman–Crippen LogP) is 5.44. The molecule has 0 saturated carbocycles. The fraction of sp³-hybridized carbons (Fsp3) is 0.250. The van der Waals surface area contributed by atoms with Crippen LogP contribution in [0.25, 0.3) is 0 Å². The molecule has 0 aliphatic carbocycles. The lowest BCUT2D eigenvalue weighted by Crippen LogP contribution is -2.02. The van der Waals surface area contributed by atoms with Gasteiger partial charge in [-0.1, -0.05) is 82.3 Å². The Morgan fingerprint density at radius 1 is 0.650 bits per heavy atom. The summed E-state index contributed by atoms with van der Waals surface area (Å²) >= 11 is 0. The number of hydrogen-bond acceptors (Lipinski definition) is 2. The van der Waals surface area contributed by atoms with Crippen molar-refractivity contribution < 1.29 is 8.78 Å². The lowest BCUT2D eigenvalue weighted by molar-refractivity contribution is 0.448. The molecule has 4 heteroatoms. The lowest BCUT2D eigenvalue weighted by atomic mass is 10.2. The van der Waals surface area contributed by atoms with Crippen LogP contribution in [-0.2, 0) is 12.8 Å². The van der Waals surface area contributed by atoms with Crippen molar-refractivity contribution in [3.05, 3.63) is 71.8 Å². The van der Waals surface area contributed by atoms with E-state index in [9.17, 15) is 8.78 Å². The largest absolute Gasteiger partial charge is 0.234 e. The zero-order valence-electron chi connectivity index (χ0n) is 10.9. The van der Waals surface area contributed by atoms with Gasteiger partial charge in [-0.25, -0.2) is 8.78 Å². The molecule has 0 aliphatic heterocycles. The van der Waals surface area contributed by atoms with Crippen molar-refractivity contribution in [2.75, 3.05) is 0 Å². The first-order chi connectivity index (χ1) is 9.74. The second-order valence-electron chi connectivity index (χ2n) is 4.39. The SMILES string of the molecule is FC(Cc1ccccc1)SSC(F)Cc1ccccc1. The zero-order chi connectivity index (χ0) is 14.2. The second kappa shape index (κ2) is 8.32. The Kier molecular flexibility index (Phi) is 6.40. The van der Waals surface area contributed by atoms with Gasteiger partial charge in [-0.3, -0.25) is 0 Å². The first-order valence-corrected chi connectivity index (χ1v) is 8.70. The summed E-state index contributed by atoms with van der Waals surface area (Å²) in [5, 5.41) is 0. The van der Waals surface area contributed by atoms with Gasteiger partial charge in [0, 0.05) is 12.8 Å². The van der Waals surface area contributed by atoms with Crippen molar-refractivity contribution in [1.82, 2.24) is 0 Å². The van der Waals surface area contributed by atoms with Gasteiger partial charge >= 0.3 is 0 Å². The smallest absolute Gasteiger partial charge is 0.159 e. The van der Waals surface area contributed by atoms with Gasteiger partial charge in [-0.05, 0) is 11.1 Å². The molecule has 2 aromatic carbocycles. The maximum Gasteiger partial charge on any atom is 0.159 e. The zero-order valence-corrected chi connectivity index (χ0v) is 12.5. The second-order valence-corrected chi connectivity index (χ2v) is 6.95. The maximum absolute atomic E-state index is 13.8. The Bertz CT molecular complexity index is 443. The summed E-state index contributed by atoms with van der Waals surface area (Å²) in [6.07, 6.45) is 0.632. The third kappa shape index (κ3) is 5.55. The standard InChI is InChI=1S/C16H16F2S2/c17-15(11-13-7-3-1-4-8-13)19-20-16(18)12-14-9-5-2-6-10-14/h1-10,15-16H,11-12H2. The highest BCUT2D eigenvalue weighted by atomic mass is 33.1. The van der Waals surface area contributed by atoms with E-state index in [0.717, 1.165) is 32.7 Å². The van der Waals surface area contributed by atoms with Crippen LogP contribution in [0.2, 0.25) is 0 Å². The van der Waals surface area contributed by atoms with Gasteiger partial charge in [0.1, 0.15) is 0 Å². The summed E-state index contributed by atoms with van der Waals surface area (Å²) < 4.78 is 27.5. The third-order valence-electron chi connectivity index (χ3n) is 2.74. The molecule has 0 N–H and O–H groups in total. The molecule has 20 heavy (non-hydrogen) atoms. The van der Waals surface area contributed by atoms with Crippen molar-refractivity contribution in [3.8, 4) is 0 Å². The van der Waals surface area contributed by atoms with Crippen LogP contribution in [0.1, 0.15) is 11.1 Å². The highest BCUT2D eigenvalue weighted by molar-refractivity contribution is 8.77. The molecule has 0 aromatic heterocycles. The molecule has 0 bridgehead atoms. The van der Waals surface area contributed by atoms with Crippen LogP contribution in [0.15, 0.2) is 60.7 Å². The van der Waals surface area contributed by atoms with Crippen molar-refractivity contribution in [3.63, 3.8) is 0 Å². The Morgan fingerprint density at radius 2 is 1.00 bits per heavy atom. The molecule has 0 aliphatic rings. The van der Waals surface area contributed by atoms with Crippen molar-refractivity contribution >= 4 is 21.6 Å². The maximum atomic E-state index is 13.8. The van der Waals surface area contributed by atoms with Crippen molar-refractivity contribution in [2.45, 2.75) is 23.8 Å². The number of alkyl halides is 2. The number of benzene rings is 2. The van der Waals surface area contributed by atoms with E-state index >= 15 is 0 Å². The lowest BCUT2D eigenvalue weighted by Gasteiger charge is -2.10. The monoisotopic (exact) mass is 310 g/mol. The molecule has 0 radical (unpaired) electrons. The molecule has 2 atom stereocenters. The van der Waals surface area contributed by atoms with Crippen molar-refractivity contribution in [1.29, 1.82) is 0 Å².